The van der Waals surface area contributed by atoms with Crippen LogP contribution in [0.15, 0.2) is 12.2 Å². The van der Waals surface area contributed by atoms with Gasteiger partial charge in [-0.2, -0.15) is 0 Å². The number of unbranched alkanes of at least 4 members (excludes halogenated alkanes) is 6. The van der Waals surface area contributed by atoms with E-state index in [1.807, 2.05) is 26.8 Å². The standard InChI is InChI=1S/C20H37NO4/c1-6-7-8-9-10-11-12-13-14-15-17(16-18(22)24-5)21-19(23)25-20(2,3)4/h13-14,17H,6-12,15-16H2,1-5H3,(H,21,23)/b14-13+/t17-/m0/s1. The molecule has 0 bridgehead atoms. The summed E-state index contributed by atoms with van der Waals surface area (Å²) in [5.74, 6) is -0.342. The van der Waals surface area contributed by atoms with Gasteiger partial charge < -0.3 is 14.8 Å². The van der Waals surface area contributed by atoms with Crippen LogP contribution in [-0.4, -0.2) is 30.8 Å². The third-order valence-corrected chi connectivity index (χ3v) is 3.67. The lowest BCUT2D eigenvalue weighted by atomic mass is 10.1. The highest BCUT2D eigenvalue weighted by Gasteiger charge is 2.20. The normalized spacial score (nSPS) is 12.8. The Labute approximate surface area is 153 Å². The van der Waals surface area contributed by atoms with E-state index in [1.165, 1.54) is 45.6 Å². The molecular formula is C20H37NO4. The van der Waals surface area contributed by atoms with Crippen molar-refractivity contribution in [2.75, 3.05) is 7.11 Å². The molecule has 0 spiro atoms. The molecule has 0 radical (unpaired) electrons. The summed E-state index contributed by atoms with van der Waals surface area (Å²) in [7, 11) is 1.35. The van der Waals surface area contributed by atoms with Gasteiger partial charge in [-0.3, -0.25) is 4.79 Å². The molecule has 0 unspecified atom stereocenters. The second-order valence-corrected chi connectivity index (χ2v) is 7.39. The molecule has 0 aromatic heterocycles. The Morgan fingerprint density at radius 1 is 1.04 bits per heavy atom. The SMILES string of the molecule is CCCCCCCC/C=C/C[C@@H](CC(=O)OC)NC(=O)OC(C)(C)C. The van der Waals surface area contributed by atoms with Gasteiger partial charge in [0.15, 0.2) is 0 Å². The second kappa shape index (κ2) is 13.7. The first-order valence-corrected chi connectivity index (χ1v) is 9.49. The van der Waals surface area contributed by atoms with E-state index < -0.39 is 11.7 Å². The fourth-order valence-corrected chi connectivity index (χ4v) is 2.37. The topological polar surface area (TPSA) is 64.6 Å². The van der Waals surface area contributed by atoms with E-state index in [0.29, 0.717) is 6.42 Å². The summed E-state index contributed by atoms with van der Waals surface area (Å²) in [5, 5.41) is 2.75. The van der Waals surface area contributed by atoms with Crippen LogP contribution in [0.3, 0.4) is 0 Å². The first-order valence-electron chi connectivity index (χ1n) is 9.49. The van der Waals surface area contributed by atoms with Crippen molar-refractivity contribution in [1.29, 1.82) is 0 Å². The van der Waals surface area contributed by atoms with Crippen LogP contribution in [0.2, 0.25) is 0 Å². The third kappa shape index (κ3) is 15.7. The number of carbonyl (C=O) groups excluding carboxylic acids is 2. The van der Waals surface area contributed by atoms with Crippen molar-refractivity contribution < 1.29 is 19.1 Å². The number of methoxy groups -OCH3 is 1. The Bertz CT molecular complexity index is 399. The fourth-order valence-electron chi connectivity index (χ4n) is 2.37. The summed E-state index contributed by atoms with van der Waals surface area (Å²) >= 11 is 0. The Kier molecular flexibility index (Phi) is 12.9. The van der Waals surface area contributed by atoms with Crippen LogP contribution in [0.4, 0.5) is 4.79 Å². The van der Waals surface area contributed by atoms with Crippen molar-refractivity contribution in [2.45, 2.75) is 97.1 Å². The van der Waals surface area contributed by atoms with Crippen LogP contribution < -0.4 is 5.32 Å². The lowest BCUT2D eigenvalue weighted by Crippen LogP contribution is -2.40. The summed E-state index contributed by atoms with van der Waals surface area (Å²) in [6.45, 7) is 7.64. The molecular weight excluding hydrogens is 318 g/mol. The number of alkyl carbamates (subject to hydrolysis) is 1. The number of rotatable bonds is 12. The van der Waals surface area contributed by atoms with Crippen LogP contribution in [0.1, 0.15) is 85.5 Å². The van der Waals surface area contributed by atoms with Crippen molar-refractivity contribution in [3.8, 4) is 0 Å². The van der Waals surface area contributed by atoms with Crippen LogP contribution >= 0.6 is 0 Å². The Morgan fingerprint density at radius 3 is 2.28 bits per heavy atom. The lowest BCUT2D eigenvalue weighted by Gasteiger charge is -2.22. The minimum Gasteiger partial charge on any atom is -0.469 e. The first-order chi connectivity index (χ1) is 11.8. The van der Waals surface area contributed by atoms with Gasteiger partial charge in [0.1, 0.15) is 5.60 Å². The van der Waals surface area contributed by atoms with Crippen molar-refractivity contribution >= 4 is 12.1 Å². The highest BCUT2D eigenvalue weighted by atomic mass is 16.6. The summed E-state index contributed by atoms with van der Waals surface area (Å²) < 4.78 is 9.95. The highest BCUT2D eigenvalue weighted by Crippen LogP contribution is 2.10. The van der Waals surface area contributed by atoms with Crippen molar-refractivity contribution in [3.63, 3.8) is 0 Å². The van der Waals surface area contributed by atoms with Crippen molar-refractivity contribution in [2.24, 2.45) is 0 Å². The van der Waals surface area contributed by atoms with Gasteiger partial charge in [0, 0.05) is 6.04 Å². The number of nitrogens with one attached hydrogen (secondary N) is 1. The smallest absolute Gasteiger partial charge is 0.407 e. The lowest BCUT2D eigenvalue weighted by molar-refractivity contribution is -0.141. The molecule has 0 fully saturated rings. The molecule has 146 valence electrons. The third-order valence-electron chi connectivity index (χ3n) is 3.67. The largest absolute Gasteiger partial charge is 0.469 e. The van der Waals surface area contributed by atoms with Gasteiger partial charge in [-0.1, -0.05) is 51.2 Å². The molecule has 0 aliphatic heterocycles. The molecule has 1 N–H and O–H groups in total. The Hall–Kier alpha value is -1.52. The average molecular weight is 356 g/mol. The first kappa shape index (κ1) is 23.5. The molecule has 0 saturated carbocycles. The molecule has 0 saturated heterocycles. The quantitative estimate of drug-likeness (QED) is 0.299. The molecule has 5 heteroatoms. The molecule has 0 heterocycles. The molecule has 5 nitrogen and oxygen atoms in total. The number of ether oxygens (including phenoxy) is 2. The zero-order chi connectivity index (χ0) is 19.1. The van der Waals surface area contributed by atoms with Gasteiger partial charge in [-0.15, -0.1) is 0 Å². The summed E-state index contributed by atoms with van der Waals surface area (Å²) in [6, 6.07) is -0.317. The van der Waals surface area contributed by atoms with Crippen LogP contribution in [0.25, 0.3) is 0 Å². The molecule has 1 atom stereocenters. The van der Waals surface area contributed by atoms with Crippen LogP contribution in [0.5, 0.6) is 0 Å². The van der Waals surface area contributed by atoms with E-state index in [2.05, 4.69) is 18.3 Å². The number of amides is 1. The zero-order valence-electron chi connectivity index (χ0n) is 16.7. The predicted molar refractivity (Wildman–Crippen MR) is 102 cm³/mol. The minimum atomic E-state index is -0.562. The molecule has 0 aliphatic rings. The molecule has 0 aromatic rings. The van der Waals surface area contributed by atoms with E-state index in [9.17, 15) is 9.59 Å². The van der Waals surface area contributed by atoms with Gasteiger partial charge in [-0.25, -0.2) is 4.79 Å². The van der Waals surface area contributed by atoms with Crippen LogP contribution in [-0.2, 0) is 14.3 Å². The summed E-state index contributed by atoms with van der Waals surface area (Å²) in [5.41, 5.74) is -0.562. The number of hydrogen-bond donors (Lipinski definition) is 1. The molecule has 25 heavy (non-hydrogen) atoms. The Morgan fingerprint density at radius 2 is 1.68 bits per heavy atom. The number of hydrogen-bond acceptors (Lipinski definition) is 4. The number of allylic oxidation sites excluding steroid dienone is 1. The second-order valence-electron chi connectivity index (χ2n) is 7.39. The molecule has 0 rings (SSSR count). The average Bonchev–Trinajstić information content (AvgIpc) is 2.51. The van der Waals surface area contributed by atoms with Crippen molar-refractivity contribution in [1.82, 2.24) is 5.32 Å². The maximum Gasteiger partial charge on any atom is 0.407 e. The van der Waals surface area contributed by atoms with Gasteiger partial charge in [-0.05, 0) is 40.0 Å². The maximum atomic E-state index is 11.9. The minimum absolute atomic E-state index is 0.136. The van der Waals surface area contributed by atoms with E-state index in [1.54, 1.807) is 0 Å². The van der Waals surface area contributed by atoms with Crippen molar-refractivity contribution in [3.05, 3.63) is 12.2 Å². The van der Waals surface area contributed by atoms with E-state index in [0.717, 1.165) is 6.42 Å². The van der Waals surface area contributed by atoms with E-state index in [-0.39, 0.29) is 18.4 Å². The van der Waals surface area contributed by atoms with Gasteiger partial charge in [0.25, 0.3) is 0 Å². The van der Waals surface area contributed by atoms with Crippen LogP contribution in [0, 0.1) is 0 Å². The van der Waals surface area contributed by atoms with Gasteiger partial charge in [0.2, 0.25) is 0 Å². The molecule has 1 amide bonds. The zero-order valence-corrected chi connectivity index (χ0v) is 16.7. The summed E-state index contributed by atoms with van der Waals surface area (Å²) in [6.07, 6.45) is 13.0. The highest BCUT2D eigenvalue weighted by molar-refractivity contribution is 5.72. The van der Waals surface area contributed by atoms with Gasteiger partial charge >= 0.3 is 12.1 Å². The molecule has 0 aromatic carbocycles. The van der Waals surface area contributed by atoms with E-state index >= 15 is 0 Å². The molecule has 0 aliphatic carbocycles. The number of carbonyl (C=O) groups is 2. The predicted octanol–water partition coefficient (Wildman–Crippen LogP) is 5.14. The Balaban J connectivity index is 4.20. The maximum absolute atomic E-state index is 11.9. The number of esters is 1. The summed E-state index contributed by atoms with van der Waals surface area (Å²) in [4.78, 5) is 23.4. The fraction of sp³-hybridized carbons (Fsp3) is 0.800. The monoisotopic (exact) mass is 355 g/mol. The van der Waals surface area contributed by atoms with E-state index in [4.69, 9.17) is 9.47 Å². The van der Waals surface area contributed by atoms with Gasteiger partial charge in [0.05, 0.1) is 13.5 Å².